The lowest BCUT2D eigenvalue weighted by molar-refractivity contribution is -0.118. The summed E-state index contributed by atoms with van der Waals surface area (Å²) in [7, 11) is 0. The third-order valence-corrected chi connectivity index (χ3v) is 9.08. The van der Waals surface area contributed by atoms with Crippen LogP contribution in [0.4, 0.5) is 15.9 Å². The van der Waals surface area contributed by atoms with Crippen LogP contribution in [0.25, 0.3) is 16.9 Å². The lowest BCUT2D eigenvalue weighted by Gasteiger charge is -2.34. The highest BCUT2D eigenvalue weighted by molar-refractivity contribution is 5.95. The van der Waals surface area contributed by atoms with Gasteiger partial charge in [-0.1, -0.05) is 38.5 Å². The highest BCUT2D eigenvalue weighted by atomic mass is 19.1. The topological polar surface area (TPSA) is 138 Å². The molecule has 4 heterocycles. The number of rotatable bonds is 16. The van der Waals surface area contributed by atoms with Crippen LogP contribution >= 0.6 is 0 Å². The van der Waals surface area contributed by atoms with E-state index in [-0.39, 0.29) is 17.5 Å². The van der Waals surface area contributed by atoms with Gasteiger partial charge in [-0.3, -0.25) is 24.0 Å². The van der Waals surface area contributed by atoms with E-state index in [0.717, 1.165) is 68.7 Å². The molecule has 2 aliphatic rings. The Morgan fingerprint density at radius 1 is 0.978 bits per heavy atom. The molecule has 12 heteroatoms. The molecule has 1 saturated heterocycles. The van der Waals surface area contributed by atoms with Crippen LogP contribution in [0.3, 0.4) is 0 Å². The van der Waals surface area contributed by atoms with Gasteiger partial charge in [0.1, 0.15) is 5.82 Å². The molecule has 0 spiro atoms. The van der Waals surface area contributed by atoms with Crippen LogP contribution in [0.2, 0.25) is 0 Å². The van der Waals surface area contributed by atoms with Crippen molar-refractivity contribution < 1.29 is 14.0 Å². The summed E-state index contributed by atoms with van der Waals surface area (Å²) in [5.74, 6) is 0.00872. The summed E-state index contributed by atoms with van der Waals surface area (Å²) in [6, 6.07) is 4.61. The number of nitrogens with two attached hydrogens (primary N) is 1. The molecule has 0 bridgehead atoms. The second kappa shape index (κ2) is 14.8. The SMILES string of the molecule is NC(=O)CCCCCCCCCCN1CCN(C(=O)c2ccc(Nc3nc(C4CC4)cn4c(-c5cn[nH]c5)cnc34)c(F)c2)CC1. The molecule has 1 aliphatic carbocycles. The van der Waals surface area contributed by atoms with Crippen LogP contribution in [0, 0.1) is 5.82 Å². The first kappa shape index (κ1) is 31.7. The smallest absolute Gasteiger partial charge is 0.254 e. The zero-order valence-electron chi connectivity index (χ0n) is 26.4. The molecule has 4 N–H and O–H groups in total. The number of imidazole rings is 1. The Hall–Kier alpha value is -4.32. The Morgan fingerprint density at radius 2 is 1.72 bits per heavy atom. The molecule has 2 amide bonds. The summed E-state index contributed by atoms with van der Waals surface area (Å²) < 4.78 is 17.4. The summed E-state index contributed by atoms with van der Waals surface area (Å²) in [6.07, 6.45) is 19.2. The van der Waals surface area contributed by atoms with Gasteiger partial charge in [-0.2, -0.15) is 5.10 Å². The molecule has 0 radical (unpaired) electrons. The Morgan fingerprint density at radius 3 is 2.39 bits per heavy atom. The molecule has 46 heavy (non-hydrogen) atoms. The predicted molar refractivity (Wildman–Crippen MR) is 175 cm³/mol. The van der Waals surface area contributed by atoms with E-state index in [1.807, 2.05) is 21.7 Å². The fourth-order valence-corrected chi connectivity index (χ4v) is 6.20. The second-order valence-corrected chi connectivity index (χ2v) is 12.6. The summed E-state index contributed by atoms with van der Waals surface area (Å²) in [6.45, 7) is 3.98. The van der Waals surface area contributed by atoms with Crippen molar-refractivity contribution in [3.05, 3.63) is 60.1 Å². The molecule has 11 nitrogen and oxygen atoms in total. The van der Waals surface area contributed by atoms with Crippen LogP contribution in [-0.2, 0) is 4.79 Å². The van der Waals surface area contributed by atoms with Crippen molar-refractivity contribution in [1.29, 1.82) is 0 Å². The van der Waals surface area contributed by atoms with Gasteiger partial charge in [-0.05, 0) is 50.4 Å². The fourth-order valence-electron chi connectivity index (χ4n) is 6.20. The molecule has 1 saturated carbocycles. The molecule has 2 fully saturated rings. The number of hydrogen-bond donors (Lipinski definition) is 3. The molecule has 1 aromatic carbocycles. The first-order valence-electron chi connectivity index (χ1n) is 16.7. The number of carbonyl (C=O) groups excluding carboxylic acids is 2. The number of unbranched alkanes of at least 4 members (excludes halogenated alkanes) is 7. The maximum absolute atomic E-state index is 15.4. The number of nitrogens with one attached hydrogen (secondary N) is 2. The highest BCUT2D eigenvalue weighted by Gasteiger charge is 2.28. The van der Waals surface area contributed by atoms with Gasteiger partial charge in [-0.15, -0.1) is 0 Å². The van der Waals surface area contributed by atoms with Gasteiger partial charge in [-0.25, -0.2) is 14.4 Å². The number of aromatic nitrogens is 5. The molecule has 1 aliphatic heterocycles. The van der Waals surface area contributed by atoms with Crippen molar-refractivity contribution in [1.82, 2.24) is 34.4 Å². The lowest BCUT2D eigenvalue weighted by Crippen LogP contribution is -2.48. The third kappa shape index (κ3) is 7.90. The molecule has 6 rings (SSSR count). The number of aromatic amines is 1. The van der Waals surface area contributed by atoms with Gasteiger partial charge < -0.3 is 16.0 Å². The average molecular weight is 630 g/mol. The number of benzene rings is 1. The Balaban J connectivity index is 0.984. The van der Waals surface area contributed by atoms with Crippen LogP contribution in [0.1, 0.15) is 92.6 Å². The number of H-pyrrole nitrogens is 1. The van der Waals surface area contributed by atoms with Crippen molar-refractivity contribution in [2.45, 2.75) is 76.5 Å². The molecular formula is C34H44FN9O2. The van der Waals surface area contributed by atoms with Crippen molar-refractivity contribution in [2.75, 3.05) is 38.0 Å². The number of fused-ring (bicyclic) bond motifs is 1. The molecule has 0 unspecified atom stereocenters. The Kier molecular flexibility index (Phi) is 10.2. The minimum absolute atomic E-state index is 0.143. The van der Waals surface area contributed by atoms with Crippen molar-refractivity contribution >= 4 is 29.0 Å². The lowest BCUT2D eigenvalue weighted by atomic mass is 10.1. The van der Waals surface area contributed by atoms with Crippen molar-refractivity contribution in [3.63, 3.8) is 0 Å². The van der Waals surface area contributed by atoms with Crippen LogP contribution in [0.15, 0.2) is 43.0 Å². The largest absolute Gasteiger partial charge is 0.370 e. The standard InChI is InChI=1S/C34H44FN9O2/c35-27-19-25(34(46)43-17-15-42(16-18-43)14-8-6-4-2-1-3-5-7-9-31(36)45)12-13-28(27)40-32-33-37-22-30(26-20-38-39-21-26)44(33)23-29(41-32)24-10-11-24/h12-13,19-24H,1-11,14-18H2,(H2,36,45)(H,38,39)(H,40,41). The number of anilines is 2. The monoisotopic (exact) mass is 629 g/mol. The van der Waals surface area contributed by atoms with Gasteiger partial charge in [0.15, 0.2) is 11.5 Å². The summed E-state index contributed by atoms with van der Waals surface area (Å²) in [5, 5.41) is 10.1. The normalized spacial score (nSPS) is 15.5. The van der Waals surface area contributed by atoms with Crippen LogP contribution in [-0.4, -0.2) is 78.9 Å². The quantitative estimate of drug-likeness (QED) is 0.137. The van der Waals surface area contributed by atoms with E-state index in [4.69, 9.17) is 10.7 Å². The van der Waals surface area contributed by atoms with E-state index in [0.29, 0.717) is 42.5 Å². The van der Waals surface area contributed by atoms with E-state index in [2.05, 4.69) is 25.4 Å². The van der Waals surface area contributed by atoms with E-state index in [1.54, 1.807) is 24.5 Å². The number of amides is 2. The van der Waals surface area contributed by atoms with Gasteiger partial charge in [0.25, 0.3) is 5.91 Å². The van der Waals surface area contributed by atoms with E-state index in [9.17, 15) is 9.59 Å². The predicted octanol–water partition coefficient (Wildman–Crippen LogP) is 5.63. The maximum atomic E-state index is 15.4. The van der Waals surface area contributed by atoms with Crippen molar-refractivity contribution in [2.24, 2.45) is 5.73 Å². The van der Waals surface area contributed by atoms with E-state index >= 15 is 4.39 Å². The van der Waals surface area contributed by atoms with Crippen molar-refractivity contribution in [3.8, 4) is 11.3 Å². The number of halogens is 1. The Bertz CT molecular complexity index is 1630. The summed E-state index contributed by atoms with van der Waals surface area (Å²) in [5.41, 5.74) is 9.08. The number of primary amides is 1. The van der Waals surface area contributed by atoms with E-state index in [1.165, 1.54) is 38.2 Å². The molecule has 244 valence electrons. The van der Waals surface area contributed by atoms with Gasteiger partial charge in [0.05, 0.1) is 29.5 Å². The summed E-state index contributed by atoms with van der Waals surface area (Å²) >= 11 is 0. The second-order valence-electron chi connectivity index (χ2n) is 12.6. The number of hydrogen-bond acceptors (Lipinski definition) is 7. The maximum Gasteiger partial charge on any atom is 0.254 e. The molecule has 0 atom stereocenters. The first-order valence-corrected chi connectivity index (χ1v) is 16.7. The van der Waals surface area contributed by atoms with Gasteiger partial charge >= 0.3 is 0 Å². The number of carbonyl (C=O) groups is 2. The number of piperazine rings is 1. The summed E-state index contributed by atoms with van der Waals surface area (Å²) in [4.78, 5) is 37.7. The Labute approximate surface area is 268 Å². The molecular weight excluding hydrogens is 585 g/mol. The van der Waals surface area contributed by atoms with Gasteiger partial charge in [0.2, 0.25) is 5.91 Å². The van der Waals surface area contributed by atoms with Crippen LogP contribution in [0.5, 0.6) is 0 Å². The zero-order valence-corrected chi connectivity index (χ0v) is 26.4. The zero-order chi connectivity index (χ0) is 31.9. The minimum atomic E-state index is -0.506. The van der Waals surface area contributed by atoms with Gasteiger partial charge in [0, 0.05) is 62.0 Å². The minimum Gasteiger partial charge on any atom is -0.370 e. The first-order chi connectivity index (χ1) is 22.5. The third-order valence-electron chi connectivity index (χ3n) is 9.08. The van der Waals surface area contributed by atoms with E-state index < -0.39 is 5.82 Å². The molecule has 3 aromatic heterocycles. The fraction of sp³-hybridized carbons (Fsp3) is 0.500. The average Bonchev–Trinajstić information content (AvgIpc) is 3.59. The highest BCUT2D eigenvalue weighted by Crippen LogP contribution is 2.40. The van der Waals surface area contributed by atoms with Crippen LogP contribution < -0.4 is 11.1 Å². The number of nitrogens with zero attached hydrogens (tertiary/aromatic N) is 6. The molecule has 4 aromatic rings.